The highest BCUT2D eigenvalue weighted by atomic mass is 79.9. The highest BCUT2D eigenvalue weighted by molar-refractivity contribution is 9.09. The molecule has 1 heterocycles. The Kier molecular flexibility index (Phi) is 2.87. The maximum absolute atomic E-state index is 3.81. The van der Waals surface area contributed by atoms with E-state index in [-0.39, 0.29) is 0 Å². The van der Waals surface area contributed by atoms with Gasteiger partial charge in [-0.05, 0) is 30.4 Å². The van der Waals surface area contributed by atoms with E-state index < -0.39 is 0 Å². The monoisotopic (exact) mass is 322 g/mol. The first-order chi connectivity index (χ1) is 6.15. The maximum Gasteiger partial charge on any atom is 0.0542 e. The quantitative estimate of drug-likeness (QED) is 0.695. The number of thiophene rings is 1. The van der Waals surface area contributed by atoms with E-state index in [4.69, 9.17) is 0 Å². The minimum absolute atomic E-state index is 0.536. The summed E-state index contributed by atoms with van der Waals surface area (Å²) in [6.45, 7) is 2.36. The Morgan fingerprint density at radius 3 is 2.69 bits per heavy atom. The molecule has 0 nitrogen and oxygen atoms in total. The molecule has 1 fully saturated rings. The highest BCUT2D eigenvalue weighted by Gasteiger charge is 2.44. The number of hydrogen-bond acceptors (Lipinski definition) is 1. The molecule has 0 amide bonds. The summed E-state index contributed by atoms with van der Waals surface area (Å²) in [5, 5.41) is 0.980. The fourth-order valence-electron chi connectivity index (χ4n) is 1.40. The van der Waals surface area contributed by atoms with Gasteiger partial charge in [-0.3, -0.25) is 0 Å². The first kappa shape index (κ1) is 10.2. The van der Waals surface area contributed by atoms with E-state index in [2.05, 4.69) is 50.9 Å². The molecule has 1 aromatic heterocycles. The molecule has 1 atom stereocenters. The number of hydrogen-bond donors (Lipinski definition) is 0. The molecule has 1 saturated carbocycles. The summed E-state index contributed by atoms with van der Waals surface area (Å²) in [4.78, 5) is 3.47. The van der Waals surface area contributed by atoms with E-state index in [9.17, 15) is 0 Å². The normalized spacial score (nSPS) is 21.5. The van der Waals surface area contributed by atoms with Crippen molar-refractivity contribution < 1.29 is 0 Å². The number of rotatable bonds is 3. The maximum atomic E-state index is 3.81. The largest absolute Gasteiger partial charge is 0.143 e. The molecule has 3 heteroatoms. The Balaban J connectivity index is 2.15. The average molecular weight is 324 g/mol. The zero-order valence-corrected chi connectivity index (χ0v) is 11.5. The molecule has 0 spiro atoms. The number of alkyl halides is 2. The summed E-state index contributed by atoms with van der Waals surface area (Å²) < 4.78 is 0. The van der Waals surface area contributed by atoms with Crippen molar-refractivity contribution in [2.75, 3.05) is 0 Å². The van der Waals surface area contributed by atoms with E-state index >= 15 is 0 Å². The second-order valence-corrected chi connectivity index (χ2v) is 6.63. The lowest BCUT2D eigenvalue weighted by atomic mass is 10.0. The summed E-state index contributed by atoms with van der Waals surface area (Å²) >= 11 is 9.20. The van der Waals surface area contributed by atoms with Gasteiger partial charge in [0.15, 0.2) is 0 Å². The van der Waals surface area contributed by atoms with Crippen LogP contribution in [0.2, 0.25) is 0 Å². The van der Waals surface area contributed by atoms with Crippen LogP contribution in [0.1, 0.15) is 34.3 Å². The molecular formula is C10H12Br2S. The highest BCUT2D eigenvalue weighted by Crippen LogP contribution is 2.59. The van der Waals surface area contributed by atoms with Crippen LogP contribution in [0.15, 0.2) is 12.1 Å². The standard InChI is InChI=1S/C10H12Br2S/c1-10(4-5-10)9(12)8-3-2-7(6-11)13-8/h2-3,9H,4-6H2,1H3. The molecule has 1 unspecified atom stereocenters. The third-order valence-corrected chi connectivity index (χ3v) is 6.74. The zero-order valence-electron chi connectivity index (χ0n) is 7.52. The number of halogens is 2. The second kappa shape index (κ2) is 3.67. The van der Waals surface area contributed by atoms with Gasteiger partial charge in [-0.25, -0.2) is 0 Å². The lowest BCUT2D eigenvalue weighted by Gasteiger charge is -2.14. The smallest absolute Gasteiger partial charge is 0.0542 e. The topological polar surface area (TPSA) is 0 Å². The van der Waals surface area contributed by atoms with Crippen LogP contribution in [-0.2, 0) is 5.33 Å². The van der Waals surface area contributed by atoms with Gasteiger partial charge in [0.1, 0.15) is 0 Å². The molecule has 0 N–H and O–H groups in total. The van der Waals surface area contributed by atoms with Crippen molar-refractivity contribution in [2.45, 2.75) is 29.9 Å². The molecule has 0 radical (unpaired) electrons. The Morgan fingerprint density at radius 1 is 1.54 bits per heavy atom. The second-order valence-electron chi connectivity index (χ2n) is 3.95. The van der Waals surface area contributed by atoms with E-state index in [1.807, 2.05) is 11.3 Å². The van der Waals surface area contributed by atoms with Crippen LogP contribution in [0.4, 0.5) is 0 Å². The van der Waals surface area contributed by atoms with Gasteiger partial charge in [0.25, 0.3) is 0 Å². The summed E-state index contributed by atoms with van der Waals surface area (Å²) in [7, 11) is 0. The summed E-state index contributed by atoms with van der Waals surface area (Å²) in [6, 6.07) is 4.47. The van der Waals surface area contributed by atoms with Gasteiger partial charge in [-0.2, -0.15) is 0 Å². The molecule has 13 heavy (non-hydrogen) atoms. The lowest BCUT2D eigenvalue weighted by Crippen LogP contribution is -2.00. The van der Waals surface area contributed by atoms with Crippen LogP contribution in [0.5, 0.6) is 0 Å². The van der Waals surface area contributed by atoms with Crippen LogP contribution >= 0.6 is 43.2 Å². The summed E-state index contributed by atoms with van der Waals surface area (Å²) in [5.41, 5.74) is 0.536. The molecule has 2 rings (SSSR count). The molecule has 1 aliphatic rings. The predicted octanol–water partition coefficient (Wildman–Crippen LogP) is 4.88. The van der Waals surface area contributed by atoms with Crippen molar-refractivity contribution in [1.29, 1.82) is 0 Å². The summed E-state index contributed by atoms with van der Waals surface area (Å²) in [6.07, 6.45) is 2.73. The van der Waals surface area contributed by atoms with E-state index in [1.165, 1.54) is 22.6 Å². The third-order valence-electron chi connectivity index (χ3n) is 2.71. The fraction of sp³-hybridized carbons (Fsp3) is 0.600. The van der Waals surface area contributed by atoms with Crippen LogP contribution in [0.3, 0.4) is 0 Å². The van der Waals surface area contributed by atoms with Gasteiger partial charge in [0.05, 0.1) is 4.83 Å². The molecule has 0 bridgehead atoms. The van der Waals surface area contributed by atoms with E-state index in [0.717, 1.165) is 5.33 Å². The predicted molar refractivity (Wildman–Crippen MR) is 66.0 cm³/mol. The van der Waals surface area contributed by atoms with Gasteiger partial charge >= 0.3 is 0 Å². The Bertz CT molecular complexity index is 302. The zero-order chi connectivity index (χ0) is 9.47. The van der Waals surface area contributed by atoms with Crippen LogP contribution < -0.4 is 0 Å². The average Bonchev–Trinajstić information content (AvgIpc) is 2.71. The van der Waals surface area contributed by atoms with Crippen molar-refractivity contribution in [3.05, 3.63) is 21.9 Å². The Labute approximate surface area is 100.0 Å². The summed E-state index contributed by atoms with van der Waals surface area (Å²) in [5.74, 6) is 0. The van der Waals surface area contributed by atoms with Crippen molar-refractivity contribution in [2.24, 2.45) is 5.41 Å². The molecule has 0 saturated heterocycles. The molecule has 1 aliphatic carbocycles. The van der Waals surface area contributed by atoms with E-state index in [1.54, 1.807) is 0 Å². The third kappa shape index (κ3) is 2.02. The Hall–Kier alpha value is 0.660. The fourth-order valence-corrected chi connectivity index (χ4v) is 3.84. The van der Waals surface area contributed by atoms with Crippen LogP contribution in [0.25, 0.3) is 0 Å². The minimum Gasteiger partial charge on any atom is -0.143 e. The first-order valence-corrected chi connectivity index (χ1v) is 7.30. The van der Waals surface area contributed by atoms with Gasteiger partial charge in [-0.1, -0.05) is 38.8 Å². The van der Waals surface area contributed by atoms with E-state index in [0.29, 0.717) is 10.2 Å². The van der Waals surface area contributed by atoms with Gasteiger partial charge in [0, 0.05) is 15.1 Å². The Morgan fingerprint density at radius 2 is 2.23 bits per heavy atom. The minimum atomic E-state index is 0.536. The molecular weight excluding hydrogens is 312 g/mol. The molecule has 0 aromatic carbocycles. The lowest BCUT2D eigenvalue weighted by molar-refractivity contribution is 0.570. The molecule has 0 aliphatic heterocycles. The van der Waals surface area contributed by atoms with Crippen molar-refractivity contribution in [3.63, 3.8) is 0 Å². The van der Waals surface area contributed by atoms with Crippen molar-refractivity contribution in [3.8, 4) is 0 Å². The van der Waals surface area contributed by atoms with Crippen LogP contribution in [-0.4, -0.2) is 0 Å². The van der Waals surface area contributed by atoms with Crippen LogP contribution in [0, 0.1) is 5.41 Å². The molecule has 72 valence electrons. The first-order valence-electron chi connectivity index (χ1n) is 4.44. The van der Waals surface area contributed by atoms with Gasteiger partial charge in [-0.15, -0.1) is 11.3 Å². The van der Waals surface area contributed by atoms with Gasteiger partial charge < -0.3 is 0 Å². The molecule has 1 aromatic rings. The van der Waals surface area contributed by atoms with Crippen molar-refractivity contribution >= 4 is 43.2 Å². The van der Waals surface area contributed by atoms with Gasteiger partial charge in [0.2, 0.25) is 0 Å². The van der Waals surface area contributed by atoms with Crippen molar-refractivity contribution in [1.82, 2.24) is 0 Å². The SMILES string of the molecule is CC1(C(Br)c2ccc(CBr)s2)CC1.